The van der Waals surface area contributed by atoms with E-state index < -0.39 is 0 Å². The molecule has 0 N–H and O–H groups in total. The van der Waals surface area contributed by atoms with Crippen molar-refractivity contribution >= 4 is 50.3 Å². The molecule has 1 saturated heterocycles. The lowest BCUT2D eigenvalue weighted by atomic mass is 10.1. The molecule has 0 aliphatic carbocycles. The van der Waals surface area contributed by atoms with E-state index in [1.165, 1.54) is 16.9 Å². The number of benzene rings is 2. The van der Waals surface area contributed by atoms with Crippen LogP contribution in [0.25, 0.3) is 10.2 Å². The molecule has 144 valence electrons. The van der Waals surface area contributed by atoms with Crippen molar-refractivity contribution < 1.29 is 9.59 Å². The summed E-state index contributed by atoms with van der Waals surface area (Å²) in [6, 6.07) is 14.0. The zero-order valence-electron chi connectivity index (χ0n) is 15.8. The molecule has 1 aliphatic heterocycles. The third-order valence-corrected chi connectivity index (χ3v) is 6.93. The summed E-state index contributed by atoms with van der Waals surface area (Å²) in [7, 11) is 0. The van der Waals surface area contributed by atoms with Crippen molar-refractivity contribution in [2.45, 2.75) is 20.4 Å². The highest BCUT2D eigenvalue weighted by atomic mass is 32.2. The van der Waals surface area contributed by atoms with Gasteiger partial charge in [0.25, 0.3) is 0 Å². The topological polar surface area (TPSA) is 53.5 Å². The second-order valence-corrected chi connectivity index (χ2v) is 8.85. The molecule has 0 radical (unpaired) electrons. The van der Waals surface area contributed by atoms with E-state index >= 15 is 0 Å². The first-order valence-corrected chi connectivity index (χ1v) is 11.1. The molecule has 0 unspecified atom stereocenters. The molecule has 1 aliphatic rings. The number of thioether (sulfide) groups is 1. The number of aromatic nitrogens is 1. The van der Waals surface area contributed by atoms with Gasteiger partial charge in [-0.05, 0) is 36.6 Å². The van der Waals surface area contributed by atoms with Gasteiger partial charge in [-0.2, -0.15) is 0 Å². The Labute approximate surface area is 172 Å². The predicted molar refractivity (Wildman–Crippen MR) is 116 cm³/mol. The number of carbonyl (C=O) groups is 2. The molecule has 3 aromatic rings. The fourth-order valence-corrected chi connectivity index (χ4v) is 5.09. The van der Waals surface area contributed by atoms with Gasteiger partial charge in [0.05, 0.1) is 28.4 Å². The van der Waals surface area contributed by atoms with Crippen molar-refractivity contribution in [3.05, 3.63) is 59.2 Å². The van der Waals surface area contributed by atoms with Gasteiger partial charge in [0, 0.05) is 0 Å². The quantitative estimate of drug-likeness (QED) is 0.637. The standard InChI is InChI=1S/C21H21N3O2S2/c1-14-8-9-17-20(15(14)2)22-21(28-17)24(10-16-6-4-3-5-7-16)18(25)11-23-13-27-12-19(23)26/h3-9H,10-13H2,1-2H3. The zero-order chi connectivity index (χ0) is 19.7. The van der Waals surface area contributed by atoms with Crippen LogP contribution in [0.4, 0.5) is 5.13 Å². The van der Waals surface area contributed by atoms with Crippen molar-refractivity contribution in [3.63, 3.8) is 0 Å². The smallest absolute Gasteiger partial charge is 0.248 e. The van der Waals surface area contributed by atoms with Crippen LogP contribution in [0.2, 0.25) is 0 Å². The largest absolute Gasteiger partial charge is 0.323 e. The molecular formula is C21H21N3O2S2. The summed E-state index contributed by atoms with van der Waals surface area (Å²) in [4.78, 5) is 33.3. The molecule has 2 amide bonds. The maximum Gasteiger partial charge on any atom is 0.248 e. The van der Waals surface area contributed by atoms with Crippen LogP contribution in [0.5, 0.6) is 0 Å². The number of fused-ring (bicyclic) bond motifs is 1. The van der Waals surface area contributed by atoms with Crippen LogP contribution >= 0.6 is 23.1 Å². The molecule has 5 nitrogen and oxygen atoms in total. The van der Waals surface area contributed by atoms with Gasteiger partial charge in [0.1, 0.15) is 6.54 Å². The maximum atomic E-state index is 13.2. The van der Waals surface area contributed by atoms with Crippen molar-refractivity contribution in [3.8, 4) is 0 Å². The molecule has 1 fully saturated rings. The Kier molecular flexibility index (Phi) is 5.37. The molecule has 2 heterocycles. The Morgan fingerprint density at radius 1 is 1.18 bits per heavy atom. The molecule has 0 atom stereocenters. The number of hydrogen-bond donors (Lipinski definition) is 0. The number of nitrogens with zero attached hydrogens (tertiary/aromatic N) is 3. The minimum Gasteiger partial charge on any atom is -0.323 e. The van der Waals surface area contributed by atoms with Crippen molar-refractivity contribution in [1.82, 2.24) is 9.88 Å². The third-order valence-electron chi connectivity index (χ3n) is 4.94. The summed E-state index contributed by atoms with van der Waals surface area (Å²) in [6.45, 7) is 4.65. The Balaban J connectivity index is 1.69. The minimum absolute atomic E-state index is 0.0220. The summed E-state index contributed by atoms with van der Waals surface area (Å²) in [5.74, 6) is 0.940. The van der Waals surface area contributed by atoms with Crippen molar-refractivity contribution in [2.24, 2.45) is 0 Å². The lowest BCUT2D eigenvalue weighted by Crippen LogP contribution is -2.40. The molecule has 0 saturated carbocycles. The van der Waals surface area contributed by atoms with E-state index in [0.717, 1.165) is 21.3 Å². The van der Waals surface area contributed by atoms with Crippen LogP contribution < -0.4 is 4.90 Å². The minimum atomic E-state index is -0.104. The van der Waals surface area contributed by atoms with Gasteiger partial charge in [-0.15, -0.1) is 11.8 Å². The van der Waals surface area contributed by atoms with Gasteiger partial charge >= 0.3 is 0 Å². The fraction of sp³-hybridized carbons (Fsp3) is 0.286. The molecule has 1 aromatic heterocycles. The van der Waals surface area contributed by atoms with Gasteiger partial charge in [-0.3, -0.25) is 14.5 Å². The normalized spacial score (nSPS) is 14.1. The molecule has 0 spiro atoms. The molecule has 4 rings (SSSR count). The summed E-state index contributed by atoms with van der Waals surface area (Å²) in [5.41, 5.74) is 4.30. The number of thiazole rings is 1. The van der Waals surface area contributed by atoms with Crippen LogP contribution in [-0.4, -0.2) is 39.9 Å². The third kappa shape index (κ3) is 3.77. The molecule has 2 aromatic carbocycles. The highest BCUT2D eigenvalue weighted by Crippen LogP contribution is 2.33. The second-order valence-electron chi connectivity index (χ2n) is 6.89. The van der Waals surface area contributed by atoms with Gasteiger partial charge < -0.3 is 4.90 Å². The van der Waals surface area contributed by atoms with Crippen molar-refractivity contribution in [1.29, 1.82) is 0 Å². The summed E-state index contributed by atoms with van der Waals surface area (Å²) in [5, 5.41) is 0.678. The van der Waals surface area contributed by atoms with Crippen LogP contribution in [0.15, 0.2) is 42.5 Å². The van der Waals surface area contributed by atoms with Gasteiger partial charge in [-0.1, -0.05) is 47.7 Å². The number of amides is 2. The first-order chi connectivity index (χ1) is 13.5. The highest BCUT2D eigenvalue weighted by molar-refractivity contribution is 8.00. The Bertz CT molecular complexity index is 1030. The SMILES string of the molecule is Cc1ccc2sc(N(Cc3ccccc3)C(=O)CN3CSCC3=O)nc2c1C. The fourth-order valence-electron chi connectivity index (χ4n) is 3.15. The number of anilines is 1. The predicted octanol–water partition coefficient (Wildman–Crippen LogP) is 3.98. The van der Waals surface area contributed by atoms with E-state index in [9.17, 15) is 9.59 Å². The van der Waals surface area contributed by atoms with Crippen molar-refractivity contribution in [2.75, 3.05) is 23.1 Å². The summed E-state index contributed by atoms with van der Waals surface area (Å²) in [6.07, 6.45) is 0. The van der Waals surface area contributed by atoms with Gasteiger partial charge in [0.15, 0.2) is 5.13 Å². The highest BCUT2D eigenvalue weighted by Gasteiger charge is 2.27. The summed E-state index contributed by atoms with van der Waals surface area (Å²) < 4.78 is 1.07. The maximum absolute atomic E-state index is 13.2. The first-order valence-electron chi connectivity index (χ1n) is 9.09. The lowest BCUT2D eigenvalue weighted by Gasteiger charge is -2.23. The molecular weight excluding hydrogens is 390 g/mol. The Hall–Kier alpha value is -2.38. The van der Waals surface area contributed by atoms with E-state index in [0.29, 0.717) is 23.3 Å². The van der Waals surface area contributed by atoms with E-state index in [-0.39, 0.29) is 18.4 Å². The number of rotatable bonds is 5. The Morgan fingerprint density at radius 3 is 2.68 bits per heavy atom. The van der Waals surface area contributed by atoms with E-state index in [1.54, 1.807) is 21.6 Å². The number of hydrogen-bond acceptors (Lipinski definition) is 5. The molecule has 28 heavy (non-hydrogen) atoms. The zero-order valence-corrected chi connectivity index (χ0v) is 17.5. The van der Waals surface area contributed by atoms with E-state index in [2.05, 4.69) is 26.0 Å². The van der Waals surface area contributed by atoms with Crippen LogP contribution in [0.3, 0.4) is 0 Å². The van der Waals surface area contributed by atoms with Crippen LogP contribution in [-0.2, 0) is 16.1 Å². The number of carbonyl (C=O) groups excluding carboxylic acids is 2. The molecule has 7 heteroatoms. The first kappa shape index (κ1) is 19.0. The second kappa shape index (κ2) is 7.93. The van der Waals surface area contributed by atoms with Crippen LogP contribution in [0, 0.1) is 13.8 Å². The van der Waals surface area contributed by atoms with E-state index in [4.69, 9.17) is 4.98 Å². The lowest BCUT2D eigenvalue weighted by molar-refractivity contribution is -0.131. The van der Waals surface area contributed by atoms with Crippen LogP contribution in [0.1, 0.15) is 16.7 Å². The average Bonchev–Trinajstić information content (AvgIpc) is 3.30. The summed E-state index contributed by atoms with van der Waals surface area (Å²) >= 11 is 3.06. The molecule has 0 bridgehead atoms. The number of aryl methyl sites for hydroxylation is 2. The monoisotopic (exact) mass is 411 g/mol. The van der Waals surface area contributed by atoms with Gasteiger partial charge in [-0.25, -0.2) is 4.98 Å². The van der Waals surface area contributed by atoms with E-state index in [1.807, 2.05) is 30.3 Å². The Morgan fingerprint density at radius 2 is 1.96 bits per heavy atom. The average molecular weight is 412 g/mol. The van der Waals surface area contributed by atoms with Gasteiger partial charge in [0.2, 0.25) is 11.8 Å².